The van der Waals surface area contributed by atoms with Crippen molar-refractivity contribution in [3.63, 3.8) is 0 Å². The average molecular weight is 211 g/mol. The van der Waals surface area contributed by atoms with Gasteiger partial charge in [-0.3, -0.25) is 0 Å². The van der Waals surface area contributed by atoms with Crippen LogP contribution in [0.1, 0.15) is 24.0 Å². The minimum atomic E-state index is -2.64. The molecule has 1 aromatic carbocycles. The maximum atomic E-state index is 13.6. The molecule has 1 saturated carbocycles. The van der Waals surface area contributed by atoms with E-state index in [9.17, 15) is 8.78 Å². The number of halogens is 2. The van der Waals surface area contributed by atoms with Gasteiger partial charge in [0.15, 0.2) is 0 Å². The van der Waals surface area contributed by atoms with Gasteiger partial charge >= 0.3 is 0 Å². The third kappa shape index (κ3) is 2.17. The van der Waals surface area contributed by atoms with Crippen LogP contribution in [0.5, 0.6) is 0 Å². The fourth-order valence-electron chi connectivity index (χ4n) is 1.74. The molecule has 2 N–H and O–H groups in total. The molecule has 0 atom stereocenters. The van der Waals surface area contributed by atoms with Crippen molar-refractivity contribution in [1.82, 2.24) is 0 Å². The van der Waals surface area contributed by atoms with Crippen LogP contribution in [0, 0.1) is 5.92 Å². The van der Waals surface area contributed by atoms with E-state index in [-0.39, 0.29) is 5.56 Å². The van der Waals surface area contributed by atoms with Gasteiger partial charge in [0.05, 0.1) is 0 Å². The zero-order valence-corrected chi connectivity index (χ0v) is 8.55. The predicted molar refractivity (Wildman–Crippen MR) is 55.8 cm³/mol. The summed E-state index contributed by atoms with van der Waals surface area (Å²) in [6.07, 6.45) is 2.05. The lowest BCUT2D eigenvalue weighted by Crippen LogP contribution is -2.16. The van der Waals surface area contributed by atoms with Crippen LogP contribution in [0.25, 0.3) is 0 Å². The number of nitrogens with two attached hydrogens (primary N) is 1. The molecule has 1 aromatic rings. The van der Waals surface area contributed by atoms with Crippen LogP contribution in [0.4, 0.5) is 8.78 Å². The third-order valence-electron chi connectivity index (χ3n) is 2.86. The normalized spacial score (nSPS) is 16.7. The Morgan fingerprint density at radius 3 is 2.27 bits per heavy atom. The van der Waals surface area contributed by atoms with Crippen LogP contribution in [-0.4, -0.2) is 6.54 Å². The summed E-state index contributed by atoms with van der Waals surface area (Å²) in [5.41, 5.74) is 6.56. The maximum Gasteiger partial charge on any atom is 0.276 e. The summed E-state index contributed by atoms with van der Waals surface area (Å²) in [6.45, 7) is 0.554. The lowest BCUT2D eigenvalue weighted by molar-refractivity contribution is -0.0285. The molecule has 3 heteroatoms. The molecule has 1 fully saturated rings. The van der Waals surface area contributed by atoms with Crippen LogP contribution < -0.4 is 5.73 Å². The molecule has 0 aromatic heterocycles. The molecule has 2 rings (SSSR count). The van der Waals surface area contributed by atoms with Gasteiger partial charge in [-0.15, -0.1) is 0 Å². The van der Waals surface area contributed by atoms with Crippen molar-refractivity contribution in [2.45, 2.75) is 25.2 Å². The first kappa shape index (κ1) is 10.6. The van der Waals surface area contributed by atoms with Gasteiger partial charge < -0.3 is 5.73 Å². The lowest BCUT2D eigenvalue weighted by Gasteiger charge is -2.16. The van der Waals surface area contributed by atoms with E-state index in [1.165, 1.54) is 12.1 Å². The summed E-state index contributed by atoms with van der Waals surface area (Å²) in [4.78, 5) is 0. The predicted octanol–water partition coefficient (Wildman–Crippen LogP) is 2.69. The maximum absolute atomic E-state index is 13.6. The molecular formula is C12H15F2N. The van der Waals surface area contributed by atoms with E-state index in [4.69, 9.17) is 5.73 Å². The van der Waals surface area contributed by atoms with Crippen LogP contribution in [0.15, 0.2) is 24.3 Å². The van der Waals surface area contributed by atoms with E-state index >= 15 is 0 Å². The summed E-state index contributed by atoms with van der Waals surface area (Å²) >= 11 is 0. The number of rotatable bonds is 4. The van der Waals surface area contributed by atoms with E-state index in [1.54, 1.807) is 12.1 Å². The molecule has 0 spiro atoms. The van der Waals surface area contributed by atoms with Crippen molar-refractivity contribution < 1.29 is 8.78 Å². The summed E-state index contributed by atoms with van der Waals surface area (Å²) in [7, 11) is 0. The second-order valence-corrected chi connectivity index (χ2v) is 4.13. The molecule has 0 radical (unpaired) electrons. The van der Waals surface area contributed by atoms with Gasteiger partial charge in [-0.2, -0.15) is 0 Å². The molecule has 82 valence electrons. The molecule has 0 amide bonds. The molecule has 0 unspecified atom stereocenters. The van der Waals surface area contributed by atoms with Gasteiger partial charge in [-0.1, -0.05) is 24.3 Å². The number of hydrogen-bond acceptors (Lipinski definition) is 1. The zero-order chi connectivity index (χ0) is 10.9. The SMILES string of the molecule is NCCc1ccc(C(F)(F)C2CC2)cc1. The zero-order valence-electron chi connectivity index (χ0n) is 8.55. The molecular weight excluding hydrogens is 196 g/mol. The van der Waals surface area contributed by atoms with Gasteiger partial charge in [-0.25, -0.2) is 8.78 Å². The molecule has 1 aliphatic carbocycles. The van der Waals surface area contributed by atoms with Crippen molar-refractivity contribution in [1.29, 1.82) is 0 Å². The van der Waals surface area contributed by atoms with Gasteiger partial charge in [0, 0.05) is 11.5 Å². The first-order valence-corrected chi connectivity index (χ1v) is 5.32. The summed E-state index contributed by atoms with van der Waals surface area (Å²) in [5.74, 6) is -3.07. The van der Waals surface area contributed by atoms with Crippen LogP contribution in [0.2, 0.25) is 0 Å². The highest BCUT2D eigenvalue weighted by atomic mass is 19.3. The fraction of sp³-hybridized carbons (Fsp3) is 0.500. The van der Waals surface area contributed by atoms with E-state index < -0.39 is 11.8 Å². The Labute approximate surface area is 88.3 Å². The first-order valence-electron chi connectivity index (χ1n) is 5.32. The Morgan fingerprint density at radius 2 is 1.80 bits per heavy atom. The smallest absolute Gasteiger partial charge is 0.276 e. The largest absolute Gasteiger partial charge is 0.330 e. The van der Waals surface area contributed by atoms with Crippen LogP contribution >= 0.6 is 0 Å². The number of hydrogen-bond donors (Lipinski definition) is 1. The molecule has 0 heterocycles. The van der Waals surface area contributed by atoms with Gasteiger partial charge in [0.1, 0.15) is 0 Å². The minimum Gasteiger partial charge on any atom is -0.330 e. The fourth-order valence-corrected chi connectivity index (χ4v) is 1.74. The highest BCUT2D eigenvalue weighted by molar-refractivity contribution is 5.27. The van der Waals surface area contributed by atoms with Crippen molar-refractivity contribution in [2.75, 3.05) is 6.54 Å². The lowest BCUT2D eigenvalue weighted by atomic mass is 10.0. The number of benzene rings is 1. The standard InChI is InChI=1S/C12H15F2N/c13-12(14,11-5-6-11)10-3-1-9(2-4-10)7-8-15/h1-4,11H,5-8,15H2. The third-order valence-corrected chi connectivity index (χ3v) is 2.86. The molecule has 0 aliphatic heterocycles. The van der Waals surface area contributed by atoms with Crippen LogP contribution in [0.3, 0.4) is 0 Å². The van der Waals surface area contributed by atoms with Crippen molar-refractivity contribution in [3.05, 3.63) is 35.4 Å². The van der Waals surface area contributed by atoms with Gasteiger partial charge in [0.25, 0.3) is 5.92 Å². The Bertz CT molecular complexity index is 328. The van der Waals surface area contributed by atoms with Crippen molar-refractivity contribution in [2.24, 2.45) is 11.7 Å². The molecule has 1 aliphatic rings. The second kappa shape index (κ2) is 3.89. The van der Waals surface area contributed by atoms with Crippen molar-refractivity contribution in [3.8, 4) is 0 Å². The van der Waals surface area contributed by atoms with Gasteiger partial charge in [-0.05, 0) is 31.4 Å². The quantitative estimate of drug-likeness (QED) is 0.814. The Hall–Kier alpha value is -0.960. The molecule has 0 bridgehead atoms. The molecule has 1 nitrogen and oxygen atoms in total. The monoisotopic (exact) mass is 211 g/mol. The number of alkyl halides is 2. The van der Waals surface area contributed by atoms with E-state index in [0.29, 0.717) is 19.4 Å². The molecule has 15 heavy (non-hydrogen) atoms. The Morgan fingerprint density at radius 1 is 1.20 bits per heavy atom. The Kier molecular flexibility index (Phi) is 2.74. The minimum absolute atomic E-state index is 0.144. The highest BCUT2D eigenvalue weighted by Gasteiger charge is 2.47. The summed E-state index contributed by atoms with van der Waals surface area (Å²) < 4.78 is 27.3. The summed E-state index contributed by atoms with van der Waals surface area (Å²) in [6, 6.07) is 6.56. The van der Waals surface area contributed by atoms with E-state index in [0.717, 1.165) is 12.0 Å². The van der Waals surface area contributed by atoms with Crippen molar-refractivity contribution >= 4 is 0 Å². The Balaban J connectivity index is 2.15. The van der Waals surface area contributed by atoms with Gasteiger partial charge in [0.2, 0.25) is 0 Å². The average Bonchev–Trinajstić information content (AvgIpc) is 3.02. The molecule has 0 saturated heterocycles. The summed E-state index contributed by atoms with van der Waals surface area (Å²) in [5, 5.41) is 0. The topological polar surface area (TPSA) is 26.0 Å². The highest BCUT2D eigenvalue weighted by Crippen LogP contribution is 2.49. The first-order chi connectivity index (χ1) is 7.14. The van der Waals surface area contributed by atoms with Crippen LogP contribution in [-0.2, 0) is 12.3 Å². The second-order valence-electron chi connectivity index (χ2n) is 4.13. The van der Waals surface area contributed by atoms with E-state index in [2.05, 4.69) is 0 Å². The van der Waals surface area contributed by atoms with E-state index in [1.807, 2.05) is 0 Å².